The summed E-state index contributed by atoms with van der Waals surface area (Å²) < 4.78 is 0. The van der Waals surface area contributed by atoms with Crippen molar-refractivity contribution in [3.63, 3.8) is 0 Å². The van der Waals surface area contributed by atoms with Crippen molar-refractivity contribution >= 4 is 11.8 Å². The number of aliphatic hydroxyl groups is 1. The predicted molar refractivity (Wildman–Crippen MR) is 111 cm³/mol. The van der Waals surface area contributed by atoms with E-state index in [1.54, 1.807) is 0 Å². The second kappa shape index (κ2) is 16.9. The summed E-state index contributed by atoms with van der Waals surface area (Å²) in [6.45, 7) is 1.52. The van der Waals surface area contributed by atoms with Gasteiger partial charge in [-0.2, -0.15) is 0 Å². The molecule has 0 spiro atoms. The molecule has 5 heteroatoms. The zero-order valence-corrected chi connectivity index (χ0v) is 17.3. The Morgan fingerprint density at radius 1 is 0.852 bits per heavy atom. The second-order valence-corrected chi connectivity index (χ2v) is 7.67. The Morgan fingerprint density at radius 3 is 1.81 bits per heavy atom. The number of hydrogen-bond acceptors (Lipinski definition) is 4. The first-order valence-corrected chi connectivity index (χ1v) is 10.8. The molecule has 0 saturated carbocycles. The third-order valence-electron chi connectivity index (χ3n) is 4.94. The number of aliphatic carboxylic acids is 1. The van der Waals surface area contributed by atoms with Crippen molar-refractivity contribution in [3.8, 4) is 0 Å². The quantitative estimate of drug-likeness (QED) is 0.220. The zero-order valence-electron chi connectivity index (χ0n) is 17.3. The second-order valence-electron chi connectivity index (χ2n) is 7.67. The normalized spacial score (nSPS) is 13.7. The summed E-state index contributed by atoms with van der Waals surface area (Å²) in [4.78, 5) is 22.8. The van der Waals surface area contributed by atoms with Crippen molar-refractivity contribution in [2.45, 2.75) is 109 Å². The molecule has 4 N–H and O–H groups in total. The first-order chi connectivity index (χ1) is 13.0. The lowest BCUT2D eigenvalue weighted by Gasteiger charge is -2.20. The summed E-state index contributed by atoms with van der Waals surface area (Å²) in [6.07, 6.45) is 20.2. The molecule has 158 valence electrons. The number of unbranched alkanes of at least 4 members (excludes halogenated alkanes) is 11. The van der Waals surface area contributed by atoms with Crippen molar-refractivity contribution in [2.75, 3.05) is 6.61 Å². The van der Waals surface area contributed by atoms with E-state index in [0.717, 1.165) is 32.1 Å². The van der Waals surface area contributed by atoms with Gasteiger partial charge in [0.2, 0.25) is 0 Å². The Balaban J connectivity index is 3.48. The van der Waals surface area contributed by atoms with E-state index >= 15 is 0 Å². The van der Waals surface area contributed by atoms with Gasteiger partial charge in [-0.15, -0.1) is 0 Å². The maximum absolute atomic E-state index is 11.8. The molecule has 0 aliphatic heterocycles. The summed E-state index contributed by atoms with van der Waals surface area (Å²) in [5, 5.41) is 18.0. The number of rotatable bonds is 19. The third-order valence-corrected chi connectivity index (χ3v) is 4.94. The lowest BCUT2D eigenvalue weighted by molar-refractivity contribution is -0.147. The smallest absolute Gasteiger partial charge is 0.326 e. The van der Waals surface area contributed by atoms with Crippen LogP contribution in [0.4, 0.5) is 0 Å². The van der Waals surface area contributed by atoms with Crippen molar-refractivity contribution in [2.24, 2.45) is 5.73 Å². The van der Waals surface area contributed by atoms with Gasteiger partial charge in [0.25, 0.3) is 0 Å². The van der Waals surface area contributed by atoms with Gasteiger partial charge in [-0.25, -0.2) is 0 Å². The molecular weight excluding hydrogens is 342 g/mol. The minimum Gasteiger partial charge on any atom is -0.480 e. The van der Waals surface area contributed by atoms with Crippen LogP contribution >= 0.6 is 0 Å². The van der Waals surface area contributed by atoms with Crippen LogP contribution in [0.5, 0.6) is 0 Å². The number of Topliss-reactive ketones (excluding diaryl/α,β-unsaturated/α-hetero) is 1. The highest BCUT2D eigenvalue weighted by Gasteiger charge is 2.35. The molecule has 1 atom stereocenters. The Hall–Kier alpha value is -1.20. The number of carboxylic acids is 1. The van der Waals surface area contributed by atoms with E-state index in [2.05, 4.69) is 19.1 Å². The molecule has 0 aromatic heterocycles. The molecule has 0 saturated heterocycles. The lowest BCUT2D eigenvalue weighted by Crippen LogP contribution is -2.52. The molecule has 0 bridgehead atoms. The monoisotopic (exact) mass is 383 g/mol. The van der Waals surface area contributed by atoms with Gasteiger partial charge in [0.15, 0.2) is 0 Å². The standard InChI is InChI=1S/C22H41NO4/c1-2-3-4-5-6-7-8-9-10-11-12-13-14-15-16-17-20(25)18-22(23,19-24)21(26)27/h9-10,24H,2-8,11-19,23H2,1H3,(H,26,27)/b10-9-/t22-/m0/s1. The molecule has 0 aliphatic carbocycles. The fourth-order valence-corrected chi connectivity index (χ4v) is 3.03. The number of aliphatic hydroxyl groups excluding tert-OH is 1. The Labute approximate surface area is 165 Å². The van der Waals surface area contributed by atoms with Crippen LogP contribution in [0.15, 0.2) is 12.2 Å². The van der Waals surface area contributed by atoms with E-state index in [0.29, 0.717) is 6.42 Å². The summed E-state index contributed by atoms with van der Waals surface area (Å²) in [6, 6.07) is 0. The van der Waals surface area contributed by atoms with Crippen molar-refractivity contribution in [3.05, 3.63) is 12.2 Å². The zero-order chi connectivity index (χ0) is 20.4. The molecule has 0 aliphatic rings. The SMILES string of the molecule is CCCCCCCC/C=C\CCCCCCCC(=O)C[C@](N)(CO)C(=O)O. The topological polar surface area (TPSA) is 101 Å². The van der Waals surface area contributed by atoms with E-state index in [1.807, 2.05) is 0 Å². The van der Waals surface area contributed by atoms with Gasteiger partial charge in [0, 0.05) is 12.8 Å². The highest BCUT2D eigenvalue weighted by molar-refractivity contribution is 5.88. The molecule has 0 fully saturated rings. The highest BCUT2D eigenvalue weighted by Crippen LogP contribution is 2.13. The molecule has 0 heterocycles. The minimum absolute atomic E-state index is 0.188. The van der Waals surface area contributed by atoms with Crippen molar-refractivity contribution < 1.29 is 19.8 Å². The van der Waals surface area contributed by atoms with E-state index in [-0.39, 0.29) is 12.2 Å². The van der Waals surface area contributed by atoms with Crippen molar-refractivity contribution in [1.29, 1.82) is 0 Å². The molecule has 5 nitrogen and oxygen atoms in total. The molecule has 0 aromatic carbocycles. The van der Waals surface area contributed by atoms with Gasteiger partial charge >= 0.3 is 5.97 Å². The fraction of sp³-hybridized carbons (Fsp3) is 0.818. The number of nitrogens with two attached hydrogens (primary N) is 1. The van der Waals surface area contributed by atoms with Crippen LogP contribution in [-0.4, -0.2) is 34.1 Å². The van der Waals surface area contributed by atoms with Crippen LogP contribution in [-0.2, 0) is 9.59 Å². The number of hydrogen-bond donors (Lipinski definition) is 3. The van der Waals surface area contributed by atoms with Gasteiger partial charge in [0.1, 0.15) is 11.3 Å². The maximum atomic E-state index is 11.8. The van der Waals surface area contributed by atoms with Crippen LogP contribution < -0.4 is 5.73 Å². The van der Waals surface area contributed by atoms with E-state index in [9.17, 15) is 9.59 Å². The number of allylic oxidation sites excluding steroid dienone is 2. The van der Waals surface area contributed by atoms with Gasteiger partial charge in [-0.3, -0.25) is 9.59 Å². The van der Waals surface area contributed by atoms with Crippen LogP contribution in [0.25, 0.3) is 0 Å². The average molecular weight is 384 g/mol. The average Bonchev–Trinajstić information content (AvgIpc) is 2.64. The summed E-state index contributed by atoms with van der Waals surface area (Å²) in [5.41, 5.74) is 3.69. The molecule has 27 heavy (non-hydrogen) atoms. The first-order valence-electron chi connectivity index (χ1n) is 10.8. The predicted octanol–water partition coefficient (Wildman–Crippen LogP) is 4.76. The van der Waals surface area contributed by atoms with Crippen LogP contribution in [0, 0.1) is 0 Å². The summed E-state index contributed by atoms with van der Waals surface area (Å²) >= 11 is 0. The fourth-order valence-electron chi connectivity index (χ4n) is 3.03. The van der Waals surface area contributed by atoms with Gasteiger partial charge in [-0.1, -0.05) is 70.4 Å². The first kappa shape index (κ1) is 25.8. The Kier molecular flexibility index (Phi) is 16.2. The largest absolute Gasteiger partial charge is 0.480 e. The van der Waals surface area contributed by atoms with E-state index < -0.39 is 18.1 Å². The van der Waals surface area contributed by atoms with Gasteiger partial charge in [0.05, 0.1) is 6.61 Å². The number of ketones is 1. The number of carboxylic acid groups (broad SMARTS) is 1. The Morgan fingerprint density at radius 2 is 1.33 bits per heavy atom. The number of carbonyl (C=O) groups excluding carboxylic acids is 1. The van der Waals surface area contributed by atoms with Crippen LogP contribution in [0.1, 0.15) is 103 Å². The van der Waals surface area contributed by atoms with Crippen LogP contribution in [0.3, 0.4) is 0 Å². The molecule has 0 unspecified atom stereocenters. The third kappa shape index (κ3) is 14.5. The molecule has 0 rings (SSSR count). The van der Waals surface area contributed by atoms with E-state index in [4.69, 9.17) is 15.9 Å². The lowest BCUT2D eigenvalue weighted by atomic mass is 9.93. The molecule has 0 radical (unpaired) electrons. The van der Waals surface area contributed by atoms with Gasteiger partial charge in [-0.05, 0) is 32.1 Å². The molecule has 0 aromatic rings. The maximum Gasteiger partial charge on any atom is 0.326 e. The molecule has 0 amide bonds. The molecular formula is C22H41NO4. The van der Waals surface area contributed by atoms with Crippen molar-refractivity contribution in [1.82, 2.24) is 0 Å². The van der Waals surface area contributed by atoms with Crippen LogP contribution in [0.2, 0.25) is 0 Å². The summed E-state index contributed by atoms with van der Waals surface area (Å²) in [5.74, 6) is -1.52. The van der Waals surface area contributed by atoms with E-state index in [1.165, 1.54) is 51.4 Å². The highest BCUT2D eigenvalue weighted by atomic mass is 16.4. The minimum atomic E-state index is -1.83. The Bertz CT molecular complexity index is 423. The van der Waals surface area contributed by atoms with Gasteiger partial charge < -0.3 is 15.9 Å². The number of carbonyl (C=O) groups is 2. The summed E-state index contributed by atoms with van der Waals surface area (Å²) in [7, 11) is 0.